The standard InChI is InChI=1S/C45H57FN6O3/c1-44-20-7-6-9-29(44)15-16-32-34-17-18-37(45(34,2)21-19-35(32)44)55-22-8-4-5-10-31(53)23-27-11-13-28(14-12-27)40-39(42-47-26-48-52(42)3)41-38-33(43(54)51-50-41)24-30(46)25-36(38)49-40/h11-14,24-26,29,32,34-35,37,39-40,49H,4-10,15-23H2,1-3H3,(H,51,54)/t29-,32+,34+,35+,37-,39?,40-,44+,45+/m1/s1. The predicted molar refractivity (Wildman–Crippen MR) is 211 cm³/mol. The summed E-state index contributed by atoms with van der Waals surface area (Å²) in [5, 5.41) is 15.6. The number of ketones is 1. The van der Waals surface area contributed by atoms with Crippen LogP contribution in [0.4, 0.5) is 10.1 Å². The molecule has 0 bridgehead atoms. The Hall–Kier alpha value is -3.92. The first-order valence-corrected chi connectivity index (χ1v) is 21.2. The summed E-state index contributed by atoms with van der Waals surface area (Å²) in [6, 6.07) is 10.3. The molecule has 292 valence electrons. The van der Waals surface area contributed by atoms with Crippen molar-refractivity contribution < 1.29 is 13.9 Å². The third-order valence-corrected chi connectivity index (χ3v) is 15.5. The van der Waals surface area contributed by atoms with Crippen molar-refractivity contribution in [2.75, 3.05) is 11.9 Å². The molecule has 9 rings (SSSR count). The van der Waals surface area contributed by atoms with E-state index < -0.39 is 17.3 Å². The number of halogens is 1. The Morgan fingerprint density at radius 1 is 0.964 bits per heavy atom. The Bertz CT molecular complexity index is 2110. The van der Waals surface area contributed by atoms with Crippen molar-refractivity contribution in [3.05, 3.63) is 81.5 Å². The number of aromatic nitrogens is 5. The normalized spacial score (nSPS) is 32.4. The van der Waals surface area contributed by atoms with Crippen LogP contribution in [0.15, 0.2) is 47.5 Å². The average Bonchev–Trinajstić information content (AvgIpc) is 3.75. The summed E-state index contributed by atoms with van der Waals surface area (Å²) in [7, 11) is 1.82. The molecule has 4 aromatic rings. The smallest absolute Gasteiger partial charge is 0.272 e. The van der Waals surface area contributed by atoms with E-state index in [1.807, 2.05) is 31.3 Å². The highest BCUT2D eigenvalue weighted by molar-refractivity contribution is 5.97. The maximum atomic E-state index is 14.7. The van der Waals surface area contributed by atoms with E-state index in [4.69, 9.17) is 4.74 Å². The number of rotatable bonds is 11. The molecule has 0 amide bonds. The topological polar surface area (TPSA) is 115 Å². The lowest BCUT2D eigenvalue weighted by molar-refractivity contribution is -0.130. The Balaban J connectivity index is 0.770. The fourth-order valence-electron chi connectivity index (χ4n) is 12.7. The number of carbonyl (C=O) groups excluding carboxylic acids is 1. The second kappa shape index (κ2) is 14.5. The molecule has 4 aliphatic carbocycles. The van der Waals surface area contributed by atoms with Crippen molar-refractivity contribution in [1.82, 2.24) is 25.0 Å². The predicted octanol–water partition coefficient (Wildman–Crippen LogP) is 8.98. The zero-order chi connectivity index (χ0) is 37.9. The van der Waals surface area contributed by atoms with Crippen molar-refractivity contribution in [2.24, 2.45) is 41.5 Å². The van der Waals surface area contributed by atoms with Crippen LogP contribution >= 0.6 is 0 Å². The molecule has 4 saturated carbocycles. The lowest BCUT2D eigenvalue weighted by Crippen LogP contribution is -2.53. The highest BCUT2D eigenvalue weighted by Crippen LogP contribution is 2.66. The van der Waals surface area contributed by atoms with E-state index in [0.717, 1.165) is 60.7 Å². The van der Waals surface area contributed by atoms with Gasteiger partial charge < -0.3 is 10.1 Å². The van der Waals surface area contributed by atoms with Gasteiger partial charge in [0, 0.05) is 37.6 Å². The summed E-state index contributed by atoms with van der Waals surface area (Å²) in [5.74, 6) is 3.65. The molecule has 0 spiro atoms. The van der Waals surface area contributed by atoms with Gasteiger partial charge in [-0.25, -0.2) is 14.5 Å². The summed E-state index contributed by atoms with van der Waals surface area (Å²) in [5.41, 5.74) is 3.49. The van der Waals surface area contributed by atoms with Crippen LogP contribution in [-0.2, 0) is 23.0 Å². The van der Waals surface area contributed by atoms with E-state index in [0.29, 0.717) is 52.4 Å². The zero-order valence-corrected chi connectivity index (χ0v) is 32.8. The number of aryl methyl sites for hydroxylation is 1. The first-order valence-electron chi connectivity index (χ1n) is 21.2. The van der Waals surface area contributed by atoms with E-state index in [9.17, 15) is 14.0 Å². The van der Waals surface area contributed by atoms with Crippen LogP contribution < -0.4 is 10.9 Å². The number of ether oxygens (including phenoxy) is 1. The molecular formula is C45H57FN6O3. The second-order valence-electron chi connectivity index (χ2n) is 18.3. The van der Waals surface area contributed by atoms with Gasteiger partial charge in [0.05, 0.1) is 29.1 Å². The molecule has 9 nitrogen and oxygen atoms in total. The zero-order valence-electron chi connectivity index (χ0n) is 32.8. The van der Waals surface area contributed by atoms with E-state index in [-0.39, 0.29) is 17.2 Å². The van der Waals surface area contributed by atoms with E-state index in [2.05, 4.69) is 39.4 Å². The van der Waals surface area contributed by atoms with Crippen LogP contribution in [0.1, 0.15) is 138 Å². The van der Waals surface area contributed by atoms with Crippen molar-refractivity contribution in [2.45, 2.75) is 128 Å². The minimum Gasteiger partial charge on any atom is -0.378 e. The monoisotopic (exact) mass is 748 g/mol. The van der Waals surface area contributed by atoms with Gasteiger partial charge in [0.15, 0.2) is 0 Å². The number of hydrogen-bond acceptors (Lipinski definition) is 7. The first-order chi connectivity index (χ1) is 26.6. The number of aromatic amines is 1. The van der Waals surface area contributed by atoms with Gasteiger partial charge in [0.25, 0.3) is 5.56 Å². The van der Waals surface area contributed by atoms with Gasteiger partial charge in [-0.1, -0.05) is 57.4 Å². The lowest BCUT2D eigenvalue weighted by Gasteiger charge is -2.60. The Kier molecular flexibility index (Phi) is 9.70. The molecule has 2 aromatic heterocycles. The van der Waals surface area contributed by atoms with Crippen LogP contribution in [0, 0.1) is 40.3 Å². The maximum absolute atomic E-state index is 14.7. The maximum Gasteiger partial charge on any atom is 0.272 e. The molecule has 0 radical (unpaired) electrons. The van der Waals surface area contributed by atoms with Crippen LogP contribution in [-0.4, -0.2) is 43.5 Å². The lowest BCUT2D eigenvalue weighted by atomic mass is 9.45. The fourth-order valence-corrected chi connectivity index (χ4v) is 12.7. The highest BCUT2D eigenvalue weighted by atomic mass is 19.1. The number of anilines is 1. The summed E-state index contributed by atoms with van der Waals surface area (Å²) in [4.78, 5) is 30.2. The van der Waals surface area contributed by atoms with Crippen molar-refractivity contribution in [3.63, 3.8) is 0 Å². The van der Waals surface area contributed by atoms with Gasteiger partial charge in [0.1, 0.15) is 23.8 Å². The number of unbranched alkanes of at least 4 members (excludes halogenated alkanes) is 2. The quantitative estimate of drug-likeness (QED) is 0.147. The number of benzene rings is 2. The first kappa shape index (κ1) is 36.7. The molecule has 1 aliphatic heterocycles. The molecule has 55 heavy (non-hydrogen) atoms. The molecule has 2 N–H and O–H groups in total. The van der Waals surface area contributed by atoms with Crippen LogP contribution in [0.2, 0.25) is 0 Å². The molecule has 10 heteroatoms. The fraction of sp³-hybridized carbons (Fsp3) is 0.622. The summed E-state index contributed by atoms with van der Waals surface area (Å²) in [6.45, 7) is 6.04. The Morgan fingerprint density at radius 3 is 2.62 bits per heavy atom. The number of nitrogens with zero attached hydrogens (tertiary/aromatic N) is 4. The summed E-state index contributed by atoms with van der Waals surface area (Å²) in [6.07, 6.45) is 19.8. The van der Waals surface area contributed by atoms with Crippen molar-refractivity contribution >= 4 is 22.2 Å². The molecule has 5 aliphatic rings. The Morgan fingerprint density at radius 2 is 1.80 bits per heavy atom. The minimum absolute atomic E-state index is 0.240. The summed E-state index contributed by atoms with van der Waals surface area (Å²) >= 11 is 0. The van der Waals surface area contributed by atoms with Crippen molar-refractivity contribution in [3.8, 4) is 0 Å². The van der Waals surface area contributed by atoms with Gasteiger partial charge in [-0.2, -0.15) is 10.2 Å². The van der Waals surface area contributed by atoms with E-state index in [1.54, 1.807) is 4.68 Å². The van der Waals surface area contributed by atoms with Gasteiger partial charge in [-0.05, 0) is 122 Å². The largest absolute Gasteiger partial charge is 0.378 e. The number of fused-ring (bicyclic) bond motifs is 5. The number of Topliss-reactive ketones (excluding diaryl/α,β-unsaturated/α-hetero) is 1. The van der Waals surface area contributed by atoms with E-state index in [1.165, 1.54) is 82.7 Å². The molecule has 1 unspecified atom stereocenters. The van der Waals surface area contributed by atoms with Gasteiger partial charge in [-0.3, -0.25) is 14.3 Å². The third kappa shape index (κ3) is 6.44. The third-order valence-electron chi connectivity index (χ3n) is 15.5. The molecule has 3 heterocycles. The van der Waals surface area contributed by atoms with Crippen LogP contribution in [0.5, 0.6) is 0 Å². The van der Waals surface area contributed by atoms with Gasteiger partial charge in [0.2, 0.25) is 0 Å². The number of nitrogens with one attached hydrogen (secondary N) is 2. The molecule has 4 fully saturated rings. The molecule has 0 saturated heterocycles. The van der Waals surface area contributed by atoms with E-state index >= 15 is 0 Å². The van der Waals surface area contributed by atoms with Gasteiger partial charge in [-0.15, -0.1) is 0 Å². The average molecular weight is 749 g/mol. The number of H-pyrrole nitrogens is 1. The molecular weight excluding hydrogens is 692 g/mol. The highest BCUT2D eigenvalue weighted by Gasteiger charge is 2.60. The van der Waals surface area contributed by atoms with Crippen LogP contribution in [0.3, 0.4) is 0 Å². The second-order valence-corrected chi connectivity index (χ2v) is 18.3. The van der Waals surface area contributed by atoms with Gasteiger partial charge >= 0.3 is 0 Å². The minimum atomic E-state index is -0.501. The summed E-state index contributed by atoms with van der Waals surface area (Å²) < 4.78 is 23.1. The Labute approximate surface area is 323 Å². The van der Waals surface area contributed by atoms with Crippen LogP contribution in [0.25, 0.3) is 10.8 Å². The SMILES string of the molecule is Cn1ncnc1C1c2n[nH]c(=O)c3cc(F)cc(c23)N[C@@H]1c1ccc(CC(=O)CCCCCO[C@@H]2CC[C@H]3[C@@H]4CC[C@H]5CCCC[C@]5(C)[C@H]4CC[C@]23C)cc1. The number of carbonyl (C=O) groups is 1. The number of hydrogen-bond donors (Lipinski definition) is 2. The molecule has 2 aromatic carbocycles. The molecule has 9 atom stereocenters. The van der Waals surface area contributed by atoms with Crippen molar-refractivity contribution in [1.29, 1.82) is 0 Å².